The van der Waals surface area contributed by atoms with Crippen molar-refractivity contribution in [3.05, 3.63) is 44.1 Å². The van der Waals surface area contributed by atoms with Gasteiger partial charge < -0.3 is 4.52 Å². The van der Waals surface area contributed by atoms with Crippen molar-refractivity contribution >= 4 is 42.9 Å². The standard InChI is InChI=1S/C17H17BrN4O5S/c1-8-14(15(27-19-8)9-4-5-9)16(23)20-28(25,26)13-7-12-11(6-10(13)18)21(2)17(24)22(12)3/h6-7,9H,4-5H2,1-3H3,(H,20,23). The molecule has 0 spiro atoms. The van der Waals surface area contributed by atoms with Crippen LogP contribution >= 0.6 is 15.9 Å². The summed E-state index contributed by atoms with van der Waals surface area (Å²) in [5, 5.41) is 3.80. The maximum absolute atomic E-state index is 12.9. The minimum atomic E-state index is -4.21. The van der Waals surface area contributed by atoms with Crippen molar-refractivity contribution in [2.45, 2.75) is 30.6 Å². The van der Waals surface area contributed by atoms with Crippen molar-refractivity contribution < 1.29 is 17.7 Å². The van der Waals surface area contributed by atoms with E-state index in [1.165, 1.54) is 21.3 Å². The Balaban J connectivity index is 1.76. The van der Waals surface area contributed by atoms with E-state index in [0.29, 0.717) is 22.5 Å². The van der Waals surface area contributed by atoms with E-state index in [2.05, 4.69) is 25.8 Å². The molecular formula is C17H17BrN4O5S. The number of imidazole rings is 1. The molecule has 1 aliphatic carbocycles. The Bertz CT molecular complexity index is 1300. The van der Waals surface area contributed by atoms with Gasteiger partial charge >= 0.3 is 5.69 Å². The Morgan fingerprint density at radius 2 is 1.86 bits per heavy atom. The first-order chi connectivity index (χ1) is 13.1. The zero-order valence-electron chi connectivity index (χ0n) is 15.3. The number of hydrogen-bond donors (Lipinski definition) is 1. The predicted molar refractivity (Wildman–Crippen MR) is 104 cm³/mol. The molecule has 1 amide bonds. The lowest BCUT2D eigenvalue weighted by Crippen LogP contribution is -2.31. The molecule has 1 N–H and O–H groups in total. The van der Waals surface area contributed by atoms with Crippen LogP contribution in [0.3, 0.4) is 0 Å². The zero-order valence-corrected chi connectivity index (χ0v) is 17.7. The van der Waals surface area contributed by atoms with Crippen LogP contribution in [-0.2, 0) is 24.1 Å². The molecule has 0 atom stereocenters. The highest BCUT2D eigenvalue weighted by atomic mass is 79.9. The summed E-state index contributed by atoms with van der Waals surface area (Å²) in [5.74, 6) is -0.258. The van der Waals surface area contributed by atoms with Crippen molar-refractivity contribution in [3.63, 3.8) is 0 Å². The fourth-order valence-electron chi connectivity index (χ4n) is 3.22. The van der Waals surface area contributed by atoms with Crippen molar-refractivity contribution in [3.8, 4) is 0 Å². The van der Waals surface area contributed by atoms with Crippen LogP contribution in [0.4, 0.5) is 0 Å². The number of hydrogen-bond acceptors (Lipinski definition) is 6. The highest BCUT2D eigenvalue weighted by Gasteiger charge is 2.35. The summed E-state index contributed by atoms with van der Waals surface area (Å²) in [7, 11) is -1.06. The van der Waals surface area contributed by atoms with Gasteiger partial charge in [0, 0.05) is 24.5 Å². The number of carbonyl (C=O) groups excluding carboxylic acids is 1. The molecule has 1 aliphatic rings. The molecule has 0 unspecified atom stereocenters. The van der Waals surface area contributed by atoms with Crippen molar-refractivity contribution in [2.75, 3.05) is 0 Å². The minimum absolute atomic E-state index is 0.103. The second-order valence-corrected chi connectivity index (χ2v) is 9.39. The normalized spacial score (nSPS) is 14.6. The number of halogens is 1. The zero-order chi connectivity index (χ0) is 20.4. The van der Waals surface area contributed by atoms with Gasteiger partial charge in [-0.2, -0.15) is 0 Å². The monoisotopic (exact) mass is 468 g/mol. The molecule has 11 heteroatoms. The molecule has 28 heavy (non-hydrogen) atoms. The number of rotatable bonds is 4. The quantitative estimate of drug-likeness (QED) is 0.625. The highest BCUT2D eigenvalue weighted by molar-refractivity contribution is 9.10. The predicted octanol–water partition coefficient (Wildman–Crippen LogP) is 1.93. The number of fused-ring (bicyclic) bond motifs is 1. The first kappa shape index (κ1) is 18.9. The second kappa shape index (κ2) is 6.31. The van der Waals surface area contributed by atoms with Crippen molar-refractivity contribution in [1.29, 1.82) is 0 Å². The van der Waals surface area contributed by atoms with Gasteiger partial charge in [0.2, 0.25) is 0 Å². The molecule has 1 fully saturated rings. The van der Waals surface area contributed by atoms with Gasteiger partial charge in [-0.25, -0.2) is 17.9 Å². The van der Waals surface area contributed by atoms with Gasteiger partial charge in [-0.3, -0.25) is 13.9 Å². The van der Waals surface area contributed by atoms with Gasteiger partial charge in [-0.1, -0.05) is 5.16 Å². The van der Waals surface area contributed by atoms with E-state index >= 15 is 0 Å². The Morgan fingerprint density at radius 1 is 1.25 bits per heavy atom. The number of benzene rings is 1. The van der Waals surface area contributed by atoms with E-state index in [4.69, 9.17) is 4.52 Å². The molecule has 0 saturated heterocycles. The van der Waals surface area contributed by atoms with Crippen molar-refractivity contribution in [2.24, 2.45) is 14.1 Å². The maximum atomic E-state index is 12.9. The molecular weight excluding hydrogens is 452 g/mol. The number of nitrogens with zero attached hydrogens (tertiary/aromatic N) is 3. The third kappa shape index (κ3) is 2.89. The van der Waals surface area contributed by atoms with Crippen molar-refractivity contribution in [1.82, 2.24) is 19.0 Å². The lowest BCUT2D eigenvalue weighted by Gasteiger charge is -2.10. The largest absolute Gasteiger partial charge is 0.360 e. The van der Waals surface area contributed by atoms with Crippen LogP contribution in [0.2, 0.25) is 0 Å². The third-order valence-electron chi connectivity index (χ3n) is 4.91. The fourth-order valence-corrected chi connectivity index (χ4v) is 5.23. The van der Waals surface area contributed by atoms with Gasteiger partial charge in [0.1, 0.15) is 10.5 Å². The number of amides is 1. The van der Waals surface area contributed by atoms with E-state index in [0.717, 1.165) is 12.8 Å². The molecule has 9 nitrogen and oxygen atoms in total. The Kier molecular flexibility index (Phi) is 4.27. The summed E-state index contributed by atoms with van der Waals surface area (Å²) in [6.45, 7) is 1.60. The number of carbonyl (C=O) groups is 1. The summed E-state index contributed by atoms with van der Waals surface area (Å²) in [4.78, 5) is 24.7. The molecule has 1 aromatic carbocycles. The second-order valence-electron chi connectivity index (χ2n) is 6.89. The number of nitrogens with one attached hydrogen (secondary N) is 1. The number of aryl methyl sites for hydroxylation is 3. The van der Waals surface area contributed by atoms with Gasteiger partial charge in [0.15, 0.2) is 5.76 Å². The average Bonchev–Trinajstić information content (AvgIpc) is 3.36. The number of aromatic nitrogens is 3. The molecule has 1 saturated carbocycles. The lowest BCUT2D eigenvalue weighted by molar-refractivity contribution is 0.0979. The SMILES string of the molecule is Cc1noc(C2CC2)c1C(=O)NS(=O)(=O)c1cc2c(cc1Br)n(C)c(=O)n2C. The molecule has 3 aromatic rings. The Hall–Kier alpha value is -2.40. The van der Waals surface area contributed by atoms with E-state index in [-0.39, 0.29) is 26.5 Å². The van der Waals surface area contributed by atoms with Gasteiger partial charge in [0.05, 0.1) is 16.7 Å². The molecule has 0 radical (unpaired) electrons. The van der Waals surface area contributed by atoms with Crippen LogP contribution in [0.25, 0.3) is 11.0 Å². The van der Waals surface area contributed by atoms with Gasteiger partial charge in [-0.15, -0.1) is 0 Å². The van der Waals surface area contributed by atoms with Crippen LogP contribution in [0.5, 0.6) is 0 Å². The fraction of sp³-hybridized carbons (Fsp3) is 0.353. The van der Waals surface area contributed by atoms with Gasteiger partial charge in [0.25, 0.3) is 15.9 Å². The van der Waals surface area contributed by atoms with Crippen LogP contribution in [0.15, 0.2) is 30.8 Å². The summed E-state index contributed by atoms with van der Waals surface area (Å²) < 4.78 is 36.1. The van der Waals surface area contributed by atoms with E-state index in [1.807, 2.05) is 0 Å². The van der Waals surface area contributed by atoms with Crippen LogP contribution < -0.4 is 10.4 Å². The summed E-state index contributed by atoms with van der Waals surface area (Å²) in [5.41, 5.74) is 1.22. The van der Waals surface area contributed by atoms with E-state index in [9.17, 15) is 18.0 Å². The first-order valence-corrected chi connectivity index (χ1v) is 10.8. The molecule has 148 valence electrons. The summed E-state index contributed by atoms with van der Waals surface area (Å²) in [6, 6.07) is 2.90. The van der Waals surface area contributed by atoms with Crippen LogP contribution in [0.1, 0.15) is 40.6 Å². The molecule has 0 bridgehead atoms. The van der Waals surface area contributed by atoms with E-state index < -0.39 is 15.9 Å². The minimum Gasteiger partial charge on any atom is -0.360 e. The molecule has 2 aromatic heterocycles. The summed E-state index contributed by atoms with van der Waals surface area (Å²) in [6.07, 6.45) is 1.76. The third-order valence-corrected chi connectivity index (χ3v) is 7.20. The maximum Gasteiger partial charge on any atom is 0.328 e. The topological polar surface area (TPSA) is 116 Å². The average molecular weight is 469 g/mol. The highest BCUT2D eigenvalue weighted by Crippen LogP contribution is 2.42. The lowest BCUT2D eigenvalue weighted by atomic mass is 10.1. The number of sulfonamides is 1. The summed E-state index contributed by atoms with van der Waals surface area (Å²) >= 11 is 3.24. The smallest absolute Gasteiger partial charge is 0.328 e. The van der Waals surface area contributed by atoms with Crippen LogP contribution in [-0.4, -0.2) is 28.6 Å². The molecule has 0 aliphatic heterocycles. The van der Waals surface area contributed by atoms with Crippen LogP contribution in [0, 0.1) is 6.92 Å². The molecule has 4 rings (SSSR count). The van der Waals surface area contributed by atoms with E-state index in [1.54, 1.807) is 21.0 Å². The molecule has 2 heterocycles. The Labute approximate surface area is 168 Å². The Morgan fingerprint density at radius 3 is 2.46 bits per heavy atom. The first-order valence-electron chi connectivity index (χ1n) is 8.50. The van der Waals surface area contributed by atoms with Gasteiger partial charge in [-0.05, 0) is 47.8 Å².